The minimum atomic E-state index is -0.843. The Kier molecular flexibility index (Phi) is 65.4. The second-order valence-corrected chi connectivity index (χ2v) is 24.2. The van der Waals surface area contributed by atoms with E-state index in [1.54, 1.807) is 6.08 Å². The maximum atomic E-state index is 12.5. The van der Waals surface area contributed by atoms with Crippen molar-refractivity contribution in [3.63, 3.8) is 0 Å². The van der Waals surface area contributed by atoms with E-state index in [1.807, 2.05) is 6.08 Å². The van der Waals surface area contributed by atoms with Crippen LogP contribution in [0, 0.1) is 0 Å². The maximum Gasteiger partial charge on any atom is 0.305 e. The third kappa shape index (κ3) is 63.4. The van der Waals surface area contributed by atoms with Crippen molar-refractivity contribution in [3.8, 4) is 0 Å². The lowest BCUT2D eigenvalue weighted by Crippen LogP contribution is -2.45. The van der Waals surface area contributed by atoms with Crippen LogP contribution in [0.15, 0.2) is 24.3 Å². The van der Waals surface area contributed by atoms with Gasteiger partial charge in [0.25, 0.3) is 0 Å². The van der Waals surface area contributed by atoms with Crippen LogP contribution in [0.1, 0.15) is 393 Å². The van der Waals surface area contributed by atoms with Gasteiger partial charge in [-0.1, -0.05) is 346 Å². The van der Waals surface area contributed by atoms with Crippen LogP contribution in [0.2, 0.25) is 0 Å². The van der Waals surface area contributed by atoms with Crippen LogP contribution in [0.25, 0.3) is 0 Å². The van der Waals surface area contributed by atoms with Gasteiger partial charge in [-0.05, 0) is 57.8 Å². The number of carbonyl (C=O) groups is 2. The molecule has 0 saturated heterocycles. The minimum Gasteiger partial charge on any atom is -0.466 e. The van der Waals surface area contributed by atoms with Gasteiger partial charge < -0.3 is 20.3 Å². The number of aliphatic hydroxyl groups excluding tert-OH is 2. The Morgan fingerprint density at radius 3 is 0.948 bits per heavy atom. The second kappa shape index (κ2) is 66.8. The number of hydrogen-bond donors (Lipinski definition) is 3. The molecule has 77 heavy (non-hydrogen) atoms. The number of carbonyl (C=O) groups excluding carboxylic acids is 2. The molecule has 2 atom stereocenters. The Morgan fingerprint density at radius 1 is 0.351 bits per heavy atom. The van der Waals surface area contributed by atoms with Gasteiger partial charge in [-0.25, -0.2) is 0 Å². The van der Waals surface area contributed by atoms with E-state index in [2.05, 4.69) is 31.3 Å². The molecular weight excluding hydrogens is 947 g/mol. The van der Waals surface area contributed by atoms with Crippen molar-refractivity contribution in [1.82, 2.24) is 5.32 Å². The summed E-state index contributed by atoms with van der Waals surface area (Å²) < 4.78 is 5.47. The molecule has 0 radical (unpaired) electrons. The Balaban J connectivity index is 3.37. The zero-order valence-electron chi connectivity index (χ0n) is 52.2. The molecule has 3 N–H and O–H groups in total. The molecule has 0 spiro atoms. The largest absolute Gasteiger partial charge is 0.466 e. The average Bonchev–Trinajstić information content (AvgIpc) is 3.43. The number of esters is 1. The van der Waals surface area contributed by atoms with Crippen LogP contribution in [0.5, 0.6) is 0 Å². The van der Waals surface area contributed by atoms with E-state index in [-0.39, 0.29) is 18.5 Å². The van der Waals surface area contributed by atoms with Crippen LogP contribution in [-0.2, 0) is 14.3 Å². The Bertz CT molecular complexity index is 1200. The number of aliphatic hydroxyl groups is 2. The van der Waals surface area contributed by atoms with Gasteiger partial charge in [0, 0.05) is 12.8 Å². The molecular formula is C71H137NO5. The lowest BCUT2D eigenvalue weighted by Gasteiger charge is -2.20. The zero-order chi connectivity index (χ0) is 55.7. The van der Waals surface area contributed by atoms with Crippen molar-refractivity contribution >= 4 is 11.9 Å². The second-order valence-electron chi connectivity index (χ2n) is 24.2. The van der Waals surface area contributed by atoms with Gasteiger partial charge in [0.2, 0.25) is 5.91 Å². The summed E-state index contributed by atoms with van der Waals surface area (Å²) >= 11 is 0. The molecule has 1 amide bonds. The molecule has 0 aliphatic carbocycles. The summed E-state index contributed by atoms with van der Waals surface area (Å²) in [6, 6.07) is -0.626. The Labute approximate surface area is 481 Å². The van der Waals surface area contributed by atoms with E-state index in [4.69, 9.17) is 4.74 Å². The number of nitrogens with one attached hydrogen (secondary N) is 1. The number of amides is 1. The summed E-state index contributed by atoms with van der Waals surface area (Å²) in [6.07, 6.45) is 84.0. The highest BCUT2D eigenvalue weighted by Crippen LogP contribution is 2.19. The summed E-state index contributed by atoms with van der Waals surface area (Å²) in [7, 11) is 0. The van der Waals surface area contributed by atoms with Gasteiger partial charge in [0.05, 0.1) is 25.4 Å². The number of hydrogen-bond acceptors (Lipinski definition) is 5. The first-order valence-corrected chi connectivity index (χ1v) is 35.1. The monoisotopic (exact) mass is 1080 g/mol. The third-order valence-electron chi connectivity index (χ3n) is 16.5. The Morgan fingerprint density at radius 2 is 0.610 bits per heavy atom. The number of ether oxygens (including phenoxy) is 1. The summed E-state index contributed by atoms with van der Waals surface area (Å²) in [6.45, 7) is 4.92. The molecule has 0 aliphatic rings. The molecule has 0 heterocycles. The first kappa shape index (κ1) is 75.3. The average molecular weight is 1080 g/mol. The lowest BCUT2D eigenvalue weighted by molar-refractivity contribution is -0.143. The van der Waals surface area contributed by atoms with Gasteiger partial charge in [0.1, 0.15) is 0 Å². The highest BCUT2D eigenvalue weighted by atomic mass is 16.5. The fraction of sp³-hybridized carbons (Fsp3) is 0.915. The van der Waals surface area contributed by atoms with Gasteiger partial charge in [0.15, 0.2) is 0 Å². The molecule has 0 saturated carbocycles. The van der Waals surface area contributed by atoms with Gasteiger partial charge in [-0.15, -0.1) is 0 Å². The van der Waals surface area contributed by atoms with Crippen molar-refractivity contribution in [2.75, 3.05) is 13.2 Å². The van der Waals surface area contributed by atoms with Crippen molar-refractivity contribution in [2.24, 2.45) is 0 Å². The Hall–Kier alpha value is -1.66. The van der Waals surface area contributed by atoms with E-state index >= 15 is 0 Å². The highest BCUT2D eigenvalue weighted by Gasteiger charge is 2.18. The predicted octanol–water partition coefficient (Wildman–Crippen LogP) is 22.5. The minimum absolute atomic E-state index is 0.00889. The molecule has 0 aliphatic heterocycles. The van der Waals surface area contributed by atoms with E-state index in [0.29, 0.717) is 19.4 Å². The smallest absolute Gasteiger partial charge is 0.305 e. The van der Waals surface area contributed by atoms with Crippen LogP contribution in [-0.4, -0.2) is 47.4 Å². The van der Waals surface area contributed by atoms with Crippen LogP contribution < -0.4 is 5.32 Å². The molecule has 0 rings (SSSR count). The van der Waals surface area contributed by atoms with Crippen LogP contribution >= 0.6 is 0 Å². The van der Waals surface area contributed by atoms with E-state index in [1.165, 1.54) is 321 Å². The van der Waals surface area contributed by atoms with Crippen molar-refractivity contribution < 1.29 is 24.5 Å². The topological polar surface area (TPSA) is 95.9 Å². The zero-order valence-corrected chi connectivity index (χ0v) is 52.2. The quantitative estimate of drug-likeness (QED) is 0.0320. The summed E-state index contributed by atoms with van der Waals surface area (Å²) in [5.74, 6) is -0.0521. The standard InChI is InChI=1S/C71H137NO5/c1-3-5-7-9-11-13-15-17-18-19-20-31-34-37-40-43-47-51-55-59-63-69(74)68(67-73)72-70(75)64-60-56-52-48-44-41-38-35-32-29-27-25-23-21-22-24-26-28-30-33-36-39-42-46-50-54-58-62-66-77-71(76)65-61-57-53-49-45-16-14-12-10-8-6-4-2/h12,14,59,63,68-69,73-74H,3-11,13,15-58,60-62,64-67H2,1-2H3,(H,72,75)/b14-12-,63-59+. The number of unbranched alkanes of at least 4 members (excludes halogenated alkanes) is 53. The van der Waals surface area contributed by atoms with Crippen LogP contribution in [0.4, 0.5) is 0 Å². The van der Waals surface area contributed by atoms with Crippen molar-refractivity contribution in [1.29, 1.82) is 0 Å². The van der Waals surface area contributed by atoms with E-state index < -0.39 is 12.1 Å². The first-order valence-electron chi connectivity index (χ1n) is 35.1. The van der Waals surface area contributed by atoms with Gasteiger partial charge >= 0.3 is 5.97 Å². The van der Waals surface area contributed by atoms with Gasteiger partial charge in [-0.2, -0.15) is 0 Å². The fourth-order valence-corrected chi connectivity index (χ4v) is 11.1. The number of rotatable bonds is 66. The first-order chi connectivity index (χ1) is 38.0. The highest BCUT2D eigenvalue weighted by molar-refractivity contribution is 5.76. The summed E-state index contributed by atoms with van der Waals surface area (Å²) in [5, 5.41) is 23.2. The molecule has 0 bridgehead atoms. The molecule has 6 nitrogen and oxygen atoms in total. The maximum absolute atomic E-state index is 12.5. The predicted molar refractivity (Wildman–Crippen MR) is 338 cm³/mol. The fourth-order valence-electron chi connectivity index (χ4n) is 11.1. The normalized spacial score (nSPS) is 12.6. The molecule has 0 aromatic carbocycles. The summed E-state index contributed by atoms with van der Waals surface area (Å²) in [4.78, 5) is 24.5. The molecule has 456 valence electrons. The van der Waals surface area contributed by atoms with Gasteiger partial charge in [-0.3, -0.25) is 9.59 Å². The van der Waals surface area contributed by atoms with Crippen LogP contribution in [0.3, 0.4) is 0 Å². The number of allylic oxidation sites excluding steroid dienone is 3. The molecule has 6 heteroatoms. The SMILES string of the molecule is CCCCC/C=C\CCCCCCCC(=O)OCCCCCCCCCCCCCCCCCCCCCCCCCCCCCCC(=O)NC(CO)C(O)/C=C/CCCCCCCCCCCCCCCCCCCC. The molecule has 0 aromatic rings. The molecule has 2 unspecified atom stereocenters. The van der Waals surface area contributed by atoms with Crippen molar-refractivity contribution in [3.05, 3.63) is 24.3 Å². The van der Waals surface area contributed by atoms with E-state index in [9.17, 15) is 19.8 Å². The lowest BCUT2D eigenvalue weighted by atomic mass is 10.0. The summed E-state index contributed by atoms with van der Waals surface area (Å²) in [5.41, 5.74) is 0. The molecule has 0 aromatic heterocycles. The van der Waals surface area contributed by atoms with Crippen molar-refractivity contribution in [2.45, 2.75) is 405 Å². The third-order valence-corrected chi connectivity index (χ3v) is 16.5. The molecule has 0 fully saturated rings. The van der Waals surface area contributed by atoms with E-state index in [0.717, 1.165) is 44.9 Å².